The third-order valence-corrected chi connectivity index (χ3v) is 3.70. The largest absolute Gasteiger partial charge is 0.378 e. The molecule has 0 radical (unpaired) electrons. The van der Waals surface area contributed by atoms with Gasteiger partial charge in [-0.3, -0.25) is 19.4 Å². The van der Waals surface area contributed by atoms with Gasteiger partial charge in [-0.25, -0.2) is 0 Å². The third kappa shape index (κ3) is 3.35. The quantitative estimate of drug-likeness (QED) is 0.651. The van der Waals surface area contributed by atoms with Crippen molar-refractivity contribution in [2.75, 3.05) is 26.2 Å². The van der Waals surface area contributed by atoms with Crippen molar-refractivity contribution in [3.05, 3.63) is 35.4 Å². The molecule has 5 heteroatoms. The Morgan fingerprint density at radius 3 is 2.18 bits per heavy atom. The molecular weight excluding hydrogens is 280 g/mol. The topological polar surface area (TPSA) is 60.9 Å². The van der Waals surface area contributed by atoms with Gasteiger partial charge in [0.05, 0.1) is 24.2 Å². The maximum atomic E-state index is 12.2. The summed E-state index contributed by atoms with van der Waals surface area (Å²) in [4.78, 5) is 27.5. The number of aliphatic hydroxyl groups is 1. The Kier molecular flexibility index (Phi) is 5.31. The number of hydrogen-bond donors (Lipinski definition) is 1. The van der Waals surface area contributed by atoms with Crippen molar-refractivity contribution >= 4 is 11.8 Å². The molecule has 1 unspecified atom stereocenters. The molecule has 2 rings (SSSR count). The van der Waals surface area contributed by atoms with E-state index in [-0.39, 0.29) is 18.4 Å². The summed E-state index contributed by atoms with van der Waals surface area (Å²) in [5.41, 5.74) is 0.770. The van der Waals surface area contributed by atoms with Crippen molar-refractivity contribution in [2.24, 2.45) is 0 Å². The van der Waals surface area contributed by atoms with Gasteiger partial charge in [-0.1, -0.05) is 37.8 Å². The Morgan fingerprint density at radius 2 is 1.68 bits per heavy atom. The predicted octanol–water partition coefficient (Wildman–Crippen LogP) is 0.989. The molecule has 2 amide bonds. The first-order valence-corrected chi connectivity index (χ1v) is 7.42. The molecule has 1 aliphatic heterocycles. The molecule has 1 heterocycles. The zero-order valence-corrected chi connectivity index (χ0v) is 12.9. The van der Waals surface area contributed by atoms with Crippen LogP contribution in [0.3, 0.4) is 0 Å². The van der Waals surface area contributed by atoms with E-state index < -0.39 is 6.10 Å². The first-order chi connectivity index (χ1) is 10.6. The van der Waals surface area contributed by atoms with E-state index in [2.05, 4.69) is 16.7 Å². The molecule has 0 aromatic heterocycles. The second-order valence-electron chi connectivity index (χ2n) is 5.06. The normalized spacial score (nSPS) is 14.8. The van der Waals surface area contributed by atoms with E-state index in [1.165, 1.54) is 0 Å². The van der Waals surface area contributed by atoms with Gasteiger partial charge in [0.15, 0.2) is 0 Å². The standard InChI is InChI=1S/C17H20N2O3/c1-3-18(4-2)11-7-8-13(20)12-19-16(21)14-9-5-6-10-15(14)17(19)22/h5-6,9-10,13,20H,3-4,11-12H2,1-2H3. The highest BCUT2D eigenvalue weighted by atomic mass is 16.3. The Labute approximate surface area is 130 Å². The zero-order valence-electron chi connectivity index (χ0n) is 12.9. The highest BCUT2D eigenvalue weighted by Gasteiger charge is 2.35. The molecular formula is C17H20N2O3. The van der Waals surface area contributed by atoms with Gasteiger partial charge in [0.25, 0.3) is 11.8 Å². The van der Waals surface area contributed by atoms with Crippen LogP contribution in [0.5, 0.6) is 0 Å². The van der Waals surface area contributed by atoms with E-state index in [1.807, 2.05) is 13.8 Å². The van der Waals surface area contributed by atoms with Crippen LogP contribution in [-0.4, -0.2) is 59.0 Å². The second kappa shape index (κ2) is 7.21. The third-order valence-electron chi connectivity index (χ3n) is 3.70. The number of aliphatic hydroxyl groups excluding tert-OH is 1. The molecule has 0 saturated carbocycles. The molecule has 22 heavy (non-hydrogen) atoms. The van der Waals surface area contributed by atoms with Crippen molar-refractivity contribution in [3.63, 3.8) is 0 Å². The van der Waals surface area contributed by atoms with Crippen LogP contribution in [0.1, 0.15) is 34.6 Å². The summed E-state index contributed by atoms with van der Waals surface area (Å²) in [5.74, 6) is 4.84. The van der Waals surface area contributed by atoms with Crippen molar-refractivity contribution in [1.82, 2.24) is 9.80 Å². The van der Waals surface area contributed by atoms with Crippen LogP contribution < -0.4 is 0 Å². The summed E-state index contributed by atoms with van der Waals surface area (Å²) in [6.45, 7) is 6.32. The summed E-state index contributed by atoms with van der Waals surface area (Å²) < 4.78 is 0. The van der Waals surface area contributed by atoms with Crippen molar-refractivity contribution in [2.45, 2.75) is 20.0 Å². The smallest absolute Gasteiger partial charge is 0.261 e. The highest BCUT2D eigenvalue weighted by molar-refractivity contribution is 6.21. The van der Waals surface area contributed by atoms with Crippen LogP contribution in [-0.2, 0) is 0 Å². The highest BCUT2D eigenvalue weighted by Crippen LogP contribution is 2.22. The number of hydrogen-bond acceptors (Lipinski definition) is 4. The molecule has 0 aliphatic carbocycles. The Balaban J connectivity index is 1.99. The fraction of sp³-hybridized carbons (Fsp3) is 0.412. The van der Waals surface area contributed by atoms with Gasteiger partial charge >= 0.3 is 0 Å². The van der Waals surface area contributed by atoms with Gasteiger partial charge in [-0.15, -0.1) is 0 Å². The van der Waals surface area contributed by atoms with Crippen molar-refractivity contribution < 1.29 is 14.7 Å². The van der Waals surface area contributed by atoms with Crippen LogP contribution in [0.4, 0.5) is 0 Å². The molecule has 0 saturated heterocycles. The summed E-state index contributed by atoms with van der Waals surface area (Å²) in [5, 5.41) is 9.94. The second-order valence-corrected chi connectivity index (χ2v) is 5.06. The minimum atomic E-state index is -1.03. The van der Waals surface area contributed by atoms with Gasteiger partial charge in [0.2, 0.25) is 0 Å². The zero-order chi connectivity index (χ0) is 16.1. The summed E-state index contributed by atoms with van der Waals surface area (Å²) in [7, 11) is 0. The number of benzene rings is 1. The SMILES string of the molecule is CCN(CC)CC#CC(O)CN1C(=O)c2ccccc2C1=O. The predicted molar refractivity (Wildman–Crippen MR) is 83.4 cm³/mol. The van der Waals surface area contributed by atoms with Crippen LogP contribution in [0.25, 0.3) is 0 Å². The molecule has 0 bridgehead atoms. The summed E-state index contributed by atoms with van der Waals surface area (Å²) in [6.07, 6.45) is -1.03. The molecule has 1 aromatic carbocycles. The molecule has 5 nitrogen and oxygen atoms in total. The van der Waals surface area contributed by atoms with E-state index in [0.717, 1.165) is 18.0 Å². The maximum Gasteiger partial charge on any atom is 0.261 e. The van der Waals surface area contributed by atoms with E-state index in [1.54, 1.807) is 24.3 Å². The lowest BCUT2D eigenvalue weighted by Gasteiger charge is -2.15. The van der Waals surface area contributed by atoms with Gasteiger partial charge in [0.1, 0.15) is 6.10 Å². The molecule has 0 fully saturated rings. The molecule has 1 aliphatic rings. The van der Waals surface area contributed by atoms with E-state index in [4.69, 9.17) is 0 Å². The fourth-order valence-electron chi connectivity index (χ4n) is 2.35. The monoisotopic (exact) mass is 300 g/mol. The number of imide groups is 1. The van der Waals surface area contributed by atoms with Gasteiger partial charge in [-0.05, 0) is 25.2 Å². The minimum absolute atomic E-state index is 0.0996. The van der Waals surface area contributed by atoms with Crippen LogP contribution >= 0.6 is 0 Å². The minimum Gasteiger partial charge on any atom is -0.378 e. The van der Waals surface area contributed by atoms with Crippen LogP contribution in [0, 0.1) is 11.8 Å². The number of fused-ring (bicyclic) bond motifs is 1. The maximum absolute atomic E-state index is 12.2. The summed E-state index contributed by atoms with van der Waals surface area (Å²) in [6, 6.07) is 6.67. The Hall–Kier alpha value is -2.16. The van der Waals surface area contributed by atoms with Gasteiger partial charge in [0, 0.05) is 0 Å². The first-order valence-electron chi connectivity index (χ1n) is 7.42. The Morgan fingerprint density at radius 1 is 1.14 bits per heavy atom. The number of nitrogens with zero attached hydrogens (tertiary/aromatic N) is 2. The van der Waals surface area contributed by atoms with Crippen molar-refractivity contribution in [3.8, 4) is 11.8 Å². The molecule has 1 N–H and O–H groups in total. The average molecular weight is 300 g/mol. The van der Waals surface area contributed by atoms with Crippen LogP contribution in [0.15, 0.2) is 24.3 Å². The molecule has 0 spiro atoms. The lowest BCUT2D eigenvalue weighted by Crippen LogP contribution is -2.36. The molecule has 1 atom stereocenters. The number of rotatable bonds is 5. The number of β-amino-alcohol motifs (C(OH)–C–C–N with tert-alkyl or cyclic N) is 1. The van der Waals surface area contributed by atoms with E-state index >= 15 is 0 Å². The summed E-state index contributed by atoms with van der Waals surface area (Å²) >= 11 is 0. The first kappa shape index (κ1) is 16.2. The Bertz CT molecular complexity index is 591. The number of carbonyl (C=O) groups excluding carboxylic acids is 2. The lowest BCUT2D eigenvalue weighted by molar-refractivity contribution is 0.0591. The average Bonchev–Trinajstić information content (AvgIpc) is 2.77. The van der Waals surface area contributed by atoms with Gasteiger partial charge in [-0.2, -0.15) is 0 Å². The van der Waals surface area contributed by atoms with E-state index in [0.29, 0.717) is 17.7 Å². The van der Waals surface area contributed by atoms with E-state index in [9.17, 15) is 14.7 Å². The molecule has 116 valence electrons. The number of carbonyl (C=O) groups is 2. The van der Waals surface area contributed by atoms with Crippen molar-refractivity contribution in [1.29, 1.82) is 0 Å². The fourth-order valence-corrected chi connectivity index (χ4v) is 2.35. The lowest BCUT2D eigenvalue weighted by atomic mass is 10.1. The number of amides is 2. The van der Waals surface area contributed by atoms with Crippen LogP contribution in [0.2, 0.25) is 0 Å². The van der Waals surface area contributed by atoms with Gasteiger partial charge < -0.3 is 5.11 Å². The molecule has 1 aromatic rings.